The van der Waals surface area contributed by atoms with Gasteiger partial charge in [0.25, 0.3) is 0 Å². The predicted octanol–water partition coefficient (Wildman–Crippen LogP) is 1.63. The lowest BCUT2D eigenvalue weighted by atomic mass is 10.1. The molecule has 0 aliphatic carbocycles. The Kier molecular flexibility index (Phi) is 4.87. The van der Waals surface area contributed by atoms with Crippen LogP contribution in [0, 0.1) is 0 Å². The first kappa shape index (κ1) is 13.6. The number of amides is 1. The molecule has 2 N–H and O–H groups in total. The zero-order valence-corrected chi connectivity index (χ0v) is 11.1. The minimum Gasteiger partial charge on any atom is -0.340 e. The van der Waals surface area contributed by atoms with Gasteiger partial charge in [-0.25, -0.2) is 0 Å². The largest absolute Gasteiger partial charge is 0.340 e. The Morgan fingerprint density at radius 3 is 2.94 bits per heavy atom. The van der Waals surface area contributed by atoms with Crippen LogP contribution in [0.4, 0.5) is 0 Å². The summed E-state index contributed by atoms with van der Waals surface area (Å²) in [5.74, 6) is 1.07. The van der Waals surface area contributed by atoms with Crippen molar-refractivity contribution in [3.05, 3.63) is 12.7 Å². The molecule has 1 saturated heterocycles. The van der Waals surface area contributed by atoms with Crippen LogP contribution in [0.1, 0.15) is 26.7 Å². The number of rotatable bonds is 3. The minimum absolute atomic E-state index is 0.0678. The van der Waals surface area contributed by atoms with Crippen LogP contribution >= 0.6 is 11.8 Å². The topological polar surface area (TPSA) is 46.3 Å². The maximum absolute atomic E-state index is 12.0. The van der Waals surface area contributed by atoms with E-state index in [1.54, 1.807) is 6.08 Å². The molecule has 92 valence electrons. The molecule has 1 aliphatic rings. The van der Waals surface area contributed by atoms with Gasteiger partial charge in [-0.1, -0.05) is 19.9 Å². The predicted molar refractivity (Wildman–Crippen MR) is 70.5 cm³/mol. The summed E-state index contributed by atoms with van der Waals surface area (Å²) in [5.41, 5.74) is 5.81. The van der Waals surface area contributed by atoms with E-state index in [1.165, 1.54) is 0 Å². The van der Waals surface area contributed by atoms with Crippen molar-refractivity contribution < 1.29 is 4.79 Å². The van der Waals surface area contributed by atoms with E-state index in [2.05, 4.69) is 20.4 Å². The van der Waals surface area contributed by atoms with Gasteiger partial charge >= 0.3 is 0 Å². The molecule has 1 fully saturated rings. The highest BCUT2D eigenvalue weighted by Crippen LogP contribution is 2.30. The van der Waals surface area contributed by atoms with E-state index < -0.39 is 6.04 Å². The summed E-state index contributed by atoms with van der Waals surface area (Å²) in [4.78, 5) is 13.9. The van der Waals surface area contributed by atoms with Crippen molar-refractivity contribution >= 4 is 17.7 Å². The molecule has 1 amide bonds. The lowest BCUT2D eigenvalue weighted by Crippen LogP contribution is -2.44. The quantitative estimate of drug-likeness (QED) is 0.765. The molecular weight excluding hydrogens is 220 g/mol. The summed E-state index contributed by atoms with van der Waals surface area (Å²) >= 11 is 1.93. The lowest BCUT2D eigenvalue weighted by molar-refractivity contribution is -0.132. The first-order valence-electron chi connectivity index (χ1n) is 5.75. The highest BCUT2D eigenvalue weighted by Gasteiger charge is 2.27. The molecule has 1 rings (SSSR count). The Labute approximate surface area is 102 Å². The van der Waals surface area contributed by atoms with Crippen molar-refractivity contribution in [2.45, 2.75) is 37.5 Å². The molecule has 1 aliphatic heterocycles. The number of thioether (sulfide) groups is 1. The van der Waals surface area contributed by atoms with Gasteiger partial charge in [-0.15, -0.1) is 6.58 Å². The molecule has 0 aromatic rings. The third kappa shape index (κ3) is 3.83. The monoisotopic (exact) mass is 242 g/mol. The van der Waals surface area contributed by atoms with Gasteiger partial charge in [0.15, 0.2) is 0 Å². The van der Waals surface area contributed by atoms with E-state index in [0.29, 0.717) is 6.42 Å². The molecule has 0 radical (unpaired) electrons. The molecule has 1 heterocycles. The molecule has 3 nitrogen and oxygen atoms in total. The number of nitrogens with zero attached hydrogens (tertiary/aromatic N) is 1. The van der Waals surface area contributed by atoms with Crippen LogP contribution in [-0.2, 0) is 4.79 Å². The fraction of sp³-hybridized carbons (Fsp3) is 0.750. The van der Waals surface area contributed by atoms with E-state index in [9.17, 15) is 4.79 Å². The summed E-state index contributed by atoms with van der Waals surface area (Å²) in [6.45, 7) is 9.72. The standard InChI is InChI=1S/C12H22N2OS/c1-4-5-10(13)11(15)14-7-6-12(2,3)16-9-8-14/h4,10H,1,5-9,13H2,2-3H3. The number of carbonyl (C=O) groups is 1. The fourth-order valence-electron chi connectivity index (χ4n) is 1.76. The molecule has 1 atom stereocenters. The van der Waals surface area contributed by atoms with Crippen LogP contribution in [0.25, 0.3) is 0 Å². The van der Waals surface area contributed by atoms with Gasteiger partial charge in [-0.2, -0.15) is 11.8 Å². The maximum atomic E-state index is 12.0. The van der Waals surface area contributed by atoms with E-state index >= 15 is 0 Å². The second-order valence-electron chi connectivity index (χ2n) is 4.81. The highest BCUT2D eigenvalue weighted by atomic mass is 32.2. The van der Waals surface area contributed by atoms with E-state index in [4.69, 9.17) is 5.73 Å². The van der Waals surface area contributed by atoms with Crippen molar-refractivity contribution in [2.24, 2.45) is 5.73 Å². The van der Waals surface area contributed by atoms with E-state index in [-0.39, 0.29) is 10.7 Å². The third-order valence-electron chi connectivity index (χ3n) is 2.89. The molecular formula is C12H22N2OS. The second kappa shape index (κ2) is 5.73. The first-order valence-corrected chi connectivity index (χ1v) is 6.74. The van der Waals surface area contributed by atoms with Crippen LogP contribution < -0.4 is 5.73 Å². The Morgan fingerprint density at radius 2 is 2.31 bits per heavy atom. The van der Waals surface area contributed by atoms with Gasteiger partial charge in [0, 0.05) is 23.6 Å². The second-order valence-corrected chi connectivity index (χ2v) is 6.62. The molecule has 0 spiro atoms. The van der Waals surface area contributed by atoms with Crippen LogP contribution in [-0.4, -0.2) is 40.4 Å². The number of hydrogen-bond acceptors (Lipinski definition) is 3. The number of hydrogen-bond donors (Lipinski definition) is 1. The summed E-state index contributed by atoms with van der Waals surface area (Å²) in [7, 11) is 0. The summed E-state index contributed by atoms with van der Waals surface area (Å²) in [5, 5.41) is 0. The highest BCUT2D eigenvalue weighted by molar-refractivity contribution is 8.00. The van der Waals surface area contributed by atoms with Crippen molar-refractivity contribution in [1.29, 1.82) is 0 Å². The molecule has 0 aromatic carbocycles. The normalized spacial score (nSPS) is 22.3. The van der Waals surface area contributed by atoms with Crippen molar-refractivity contribution in [2.75, 3.05) is 18.8 Å². The Bertz CT molecular complexity index is 266. The van der Waals surface area contributed by atoms with Gasteiger partial charge in [-0.05, 0) is 12.8 Å². The van der Waals surface area contributed by atoms with Gasteiger partial charge in [-0.3, -0.25) is 4.79 Å². The van der Waals surface area contributed by atoms with Crippen molar-refractivity contribution in [3.63, 3.8) is 0 Å². The molecule has 4 heteroatoms. The molecule has 0 bridgehead atoms. The van der Waals surface area contributed by atoms with Gasteiger partial charge in [0.05, 0.1) is 6.04 Å². The number of nitrogens with two attached hydrogens (primary N) is 1. The van der Waals surface area contributed by atoms with Crippen molar-refractivity contribution in [3.8, 4) is 0 Å². The lowest BCUT2D eigenvalue weighted by Gasteiger charge is -2.24. The van der Waals surface area contributed by atoms with E-state index in [0.717, 1.165) is 25.3 Å². The summed E-state index contributed by atoms with van der Waals surface area (Å²) < 4.78 is 0.275. The van der Waals surface area contributed by atoms with Crippen LogP contribution in [0.2, 0.25) is 0 Å². The Morgan fingerprint density at radius 1 is 1.62 bits per heavy atom. The van der Waals surface area contributed by atoms with Gasteiger partial charge in [0.2, 0.25) is 5.91 Å². The molecule has 0 saturated carbocycles. The maximum Gasteiger partial charge on any atom is 0.239 e. The summed E-state index contributed by atoms with van der Waals surface area (Å²) in [6, 6.07) is -0.413. The summed E-state index contributed by atoms with van der Waals surface area (Å²) in [6.07, 6.45) is 3.30. The SMILES string of the molecule is C=CCC(N)C(=O)N1CCSC(C)(C)CC1. The molecule has 16 heavy (non-hydrogen) atoms. The first-order chi connectivity index (χ1) is 7.46. The average molecular weight is 242 g/mol. The number of carbonyl (C=O) groups excluding carboxylic acids is 1. The van der Waals surface area contributed by atoms with Crippen molar-refractivity contribution in [1.82, 2.24) is 4.90 Å². The average Bonchev–Trinajstić information content (AvgIpc) is 2.39. The van der Waals surface area contributed by atoms with Crippen LogP contribution in [0.3, 0.4) is 0 Å². The zero-order valence-electron chi connectivity index (χ0n) is 10.2. The van der Waals surface area contributed by atoms with Crippen LogP contribution in [0.15, 0.2) is 12.7 Å². The minimum atomic E-state index is -0.413. The fourth-order valence-corrected chi connectivity index (χ4v) is 2.86. The zero-order chi connectivity index (χ0) is 12.2. The molecule has 1 unspecified atom stereocenters. The van der Waals surface area contributed by atoms with Gasteiger partial charge < -0.3 is 10.6 Å². The van der Waals surface area contributed by atoms with Crippen LogP contribution in [0.5, 0.6) is 0 Å². The Hall–Kier alpha value is -0.480. The van der Waals surface area contributed by atoms with E-state index in [1.807, 2.05) is 16.7 Å². The van der Waals surface area contributed by atoms with Gasteiger partial charge in [0.1, 0.15) is 0 Å². The molecule has 0 aromatic heterocycles. The Balaban J connectivity index is 2.54. The smallest absolute Gasteiger partial charge is 0.239 e. The third-order valence-corrected chi connectivity index (χ3v) is 4.26.